The molecule has 1 amide bonds. The summed E-state index contributed by atoms with van der Waals surface area (Å²) in [5.74, 6) is -0.167. The average molecular weight is 543 g/mol. The van der Waals surface area contributed by atoms with Crippen LogP contribution in [0.2, 0.25) is 0 Å². The van der Waals surface area contributed by atoms with Gasteiger partial charge in [0.1, 0.15) is 11.6 Å². The molecule has 0 aliphatic carbocycles. The molecule has 3 rings (SSSR count). The van der Waals surface area contributed by atoms with Crippen molar-refractivity contribution in [2.75, 3.05) is 51.2 Å². The van der Waals surface area contributed by atoms with Crippen molar-refractivity contribution in [3.8, 4) is 0 Å². The highest BCUT2D eigenvalue weighted by Crippen LogP contribution is 2.21. The maximum absolute atomic E-state index is 14.0. The molecule has 0 saturated carbocycles. The molecule has 0 unspecified atom stereocenters. The molecule has 1 aliphatic rings. The van der Waals surface area contributed by atoms with Crippen molar-refractivity contribution >= 4 is 41.5 Å². The zero-order valence-corrected chi connectivity index (χ0v) is 19.8. The largest absolute Gasteiger partial charge is 0.366 e. The Bertz CT molecular complexity index is 873. The van der Waals surface area contributed by atoms with E-state index in [1.807, 2.05) is 23.1 Å². The van der Waals surface area contributed by atoms with Crippen molar-refractivity contribution < 1.29 is 13.6 Å². The zero-order valence-electron chi connectivity index (χ0n) is 17.5. The van der Waals surface area contributed by atoms with Gasteiger partial charge in [-0.1, -0.05) is 18.2 Å². The molecule has 0 spiro atoms. The number of carbonyl (C=O) groups is 1. The molecule has 168 valence electrons. The molecule has 1 heterocycles. The van der Waals surface area contributed by atoms with Gasteiger partial charge in [0.2, 0.25) is 0 Å². The van der Waals surface area contributed by atoms with Crippen LogP contribution < -0.4 is 15.5 Å². The van der Waals surface area contributed by atoms with E-state index in [9.17, 15) is 13.6 Å². The molecule has 31 heavy (non-hydrogen) atoms. The first-order chi connectivity index (χ1) is 14.6. The Labute approximate surface area is 198 Å². The van der Waals surface area contributed by atoms with E-state index >= 15 is 0 Å². The minimum atomic E-state index is -0.439. The standard InChI is InChI=1S/C22H27F2N5O.HI/c1-25-22(27-11-5-10-26-21(30)17-6-3-2-4-7-17)29-14-12-28(13-15-29)20-16-18(23)8-9-19(20)24;/h2-4,6-9,16H,5,10-15H2,1H3,(H,25,27)(H,26,30);1H. The number of hydrogen-bond donors (Lipinski definition) is 2. The molecular weight excluding hydrogens is 515 g/mol. The summed E-state index contributed by atoms with van der Waals surface area (Å²) >= 11 is 0. The van der Waals surface area contributed by atoms with Crippen LogP contribution in [0.1, 0.15) is 16.8 Å². The van der Waals surface area contributed by atoms with Gasteiger partial charge in [-0.25, -0.2) is 8.78 Å². The molecule has 2 N–H and O–H groups in total. The van der Waals surface area contributed by atoms with Gasteiger partial charge >= 0.3 is 0 Å². The van der Waals surface area contributed by atoms with E-state index in [2.05, 4.69) is 20.5 Å². The van der Waals surface area contributed by atoms with Gasteiger partial charge in [0.15, 0.2) is 5.96 Å². The molecule has 2 aromatic carbocycles. The van der Waals surface area contributed by atoms with Crippen LogP contribution in [0.25, 0.3) is 0 Å². The van der Waals surface area contributed by atoms with E-state index in [1.165, 1.54) is 6.07 Å². The van der Waals surface area contributed by atoms with Crippen molar-refractivity contribution in [3.05, 3.63) is 65.7 Å². The molecule has 9 heteroatoms. The molecule has 2 aromatic rings. The van der Waals surface area contributed by atoms with Gasteiger partial charge in [0.25, 0.3) is 5.91 Å². The highest BCUT2D eigenvalue weighted by Gasteiger charge is 2.21. The summed E-state index contributed by atoms with van der Waals surface area (Å²) in [5.41, 5.74) is 0.945. The van der Waals surface area contributed by atoms with E-state index in [0.717, 1.165) is 24.5 Å². The second-order valence-electron chi connectivity index (χ2n) is 7.02. The fraction of sp³-hybridized carbons (Fsp3) is 0.364. The number of aliphatic imine (C=N–C) groups is 1. The zero-order chi connectivity index (χ0) is 21.3. The first-order valence-electron chi connectivity index (χ1n) is 10.1. The van der Waals surface area contributed by atoms with E-state index < -0.39 is 11.6 Å². The van der Waals surface area contributed by atoms with Crippen LogP contribution in [-0.2, 0) is 0 Å². The number of amides is 1. The number of nitrogens with zero attached hydrogens (tertiary/aromatic N) is 3. The topological polar surface area (TPSA) is 60.0 Å². The predicted octanol–water partition coefficient (Wildman–Crippen LogP) is 3.10. The number of benzene rings is 2. The molecule has 6 nitrogen and oxygen atoms in total. The predicted molar refractivity (Wildman–Crippen MR) is 130 cm³/mol. The van der Waals surface area contributed by atoms with Crippen LogP contribution in [0.3, 0.4) is 0 Å². The van der Waals surface area contributed by atoms with Gasteiger partial charge in [-0.05, 0) is 30.7 Å². The third-order valence-electron chi connectivity index (χ3n) is 5.00. The molecular formula is C22H28F2IN5O. The Hall–Kier alpha value is -2.43. The molecule has 0 atom stereocenters. The van der Waals surface area contributed by atoms with Gasteiger partial charge in [-0.15, -0.1) is 24.0 Å². The van der Waals surface area contributed by atoms with Crippen molar-refractivity contribution in [1.82, 2.24) is 15.5 Å². The summed E-state index contributed by atoms with van der Waals surface area (Å²) < 4.78 is 27.4. The summed E-state index contributed by atoms with van der Waals surface area (Å²) in [6.07, 6.45) is 0.756. The van der Waals surface area contributed by atoms with E-state index in [1.54, 1.807) is 19.2 Å². The Morgan fingerprint density at radius 3 is 2.35 bits per heavy atom. The number of guanidine groups is 1. The number of anilines is 1. The van der Waals surface area contributed by atoms with Crippen molar-refractivity contribution in [2.45, 2.75) is 6.42 Å². The van der Waals surface area contributed by atoms with Gasteiger partial charge < -0.3 is 20.4 Å². The molecule has 0 bridgehead atoms. The highest BCUT2D eigenvalue weighted by atomic mass is 127. The molecule has 1 fully saturated rings. The van der Waals surface area contributed by atoms with E-state index in [4.69, 9.17) is 0 Å². The SMILES string of the molecule is CN=C(NCCCNC(=O)c1ccccc1)N1CCN(c2cc(F)ccc2F)CC1.I. The molecule has 0 aromatic heterocycles. The second-order valence-corrected chi connectivity index (χ2v) is 7.02. The smallest absolute Gasteiger partial charge is 0.251 e. The monoisotopic (exact) mass is 543 g/mol. The number of hydrogen-bond acceptors (Lipinski definition) is 3. The lowest BCUT2D eigenvalue weighted by molar-refractivity contribution is 0.0953. The fourth-order valence-electron chi connectivity index (χ4n) is 3.40. The highest BCUT2D eigenvalue weighted by molar-refractivity contribution is 14.0. The fourth-order valence-corrected chi connectivity index (χ4v) is 3.40. The third kappa shape index (κ3) is 7.05. The lowest BCUT2D eigenvalue weighted by Gasteiger charge is -2.37. The third-order valence-corrected chi connectivity index (χ3v) is 5.00. The Morgan fingerprint density at radius 1 is 1.00 bits per heavy atom. The lowest BCUT2D eigenvalue weighted by Crippen LogP contribution is -2.53. The maximum Gasteiger partial charge on any atom is 0.251 e. The lowest BCUT2D eigenvalue weighted by atomic mass is 10.2. The maximum atomic E-state index is 14.0. The normalized spacial score (nSPS) is 14.1. The number of halogens is 3. The van der Waals surface area contributed by atoms with Gasteiger partial charge in [-0.3, -0.25) is 9.79 Å². The average Bonchev–Trinajstić information content (AvgIpc) is 2.78. The van der Waals surface area contributed by atoms with Crippen LogP contribution in [0.4, 0.5) is 14.5 Å². The Balaban J connectivity index is 0.00000341. The number of nitrogens with one attached hydrogen (secondary N) is 2. The quantitative estimate of drug-likeness (QED) is 0.255. The van der Waals surface area contributed by atoms with E-state index in [-0.39, 0.29) is 29.9 Å². The minimum absolute atomic E-state index is 0. The summed E-state index contributed by atoms with van der Waals surface area (Å²) in [7, 11) is 1.72. The molecule has 1 aliphatic heterocycles. The van der Waals surface area contributed by atoms with Crippen molar-refractivity contribution in [2.24, 2.45) is 4.99 Å². The summed E-state index contributed by atoms with van der Waals surface area (Å²) in [4.78, 5) is 20.3. The second kappa shape index (κ2) is 12.4. The van der Waals surface area contributed by atoms with Crippen LogP contribution >= 0.6 is 24.0 Å². The number of piperazine rings is 1. The minimum Gasteiger partial charge on any atom is -0.366 e. The Kier molecular flexibility index (Phi) is 9.96. The van der Waals surface area contributed by atoms with Crippen LogP contribution in [0.5, 0.6) is 0 Å². The van der Waals surface area contributed by atoms with Gasteiger partial charge in [-0.2, -0.15) is 0 Å². The van der Waals surface area contributed by atoms with Crippen LogP contribution in [0.15, 0.2) is 53.5 Å². The summed E-state index contributed by atoms with van der Waals surface area (Å²) in [6.45, 7) is 3.69. The summed E-state index contributed by atoms with van der Waals surface area (Å²) in [6, 6.07) is 12.6. The Morgan fingerprint density at radius 2 is 1.68 bits per heavy atom. The first-order valence-corrected chi connectivity index (χ1v) is 10.1. The van der Waals surface area contributed by atoms with Crippen molar-refractivity contribution in [3.63, 3.8) is 0 Å². The number of carbonyl (C=O) groups excluding carboxylic acids is 1. The first kappa shape index (κ1) is 24.8. The molecule has 0 radical (unpaired) electrons. The van der Waals surface area contributed by atoms with Crippen LogP contribution in [0, 0.1) is 11.6 Å². The van der Waals surface area contributed by atoms with Gasteiger partial charge in [0.05, 0.1) is 5.69 Å². The molecule has 1 saturated heterocycles. The van der Waals surface area contributed by atoms with Crippen molar-refractivity contribution in [1.29, 1.82) is 0 Å². The van der Waals surface area contributed by atoms with E-state index in [0.29, 0.717) is 50.5 Å². The van der Waals surface area contributed by atoms with Gasteiger partial charge in [0, 0.05) is 57.9 Å². The van der Waals surface area contributed by atoms with Crippen LogP contribution in [-0.4, -0.2) is 63.1 Å². The number of rotatable bonds is 6. The summed E-state index contributed by atoms with van der Waals surface area (Å²) in [5, 5.41) is 6.20.